The van der Waals surface area contributed by atoms with Crippen molar-refractivity contribution in [1.29, 1.82) is 0 Å². The summed E-state index contributed by atoms with van der Waals surface area (Å²) in [6, 6.07) is 6.85. The number of aliphatic hydroxyl groups excluding tert-OH is 1. The molecule has 88 valence electrons. The molecular weight excluding hydrogens is 226 g/mol. The highest BCUT2D eigenvalue weighted by Gasteiger charge is 2.03. The maximum Gasteiger partial charge on any atom is 0.229 e. The molecule has 0 atom stereocenters. The van der Waals surface area contributed by atoms with Crippen molar-refractivity contribution in [3.8, 4) is 0 Å². The Morgan fingerprint density at radius 3 is 2.31 bits per heavy atom. The smallest absolute Gasteiger partial charge is 0.229 e. The summed E-state index contributed by atoms with van der Waals surface area (Å²) in [6.45, 7) is 1.81. The van der Waals surface area contributed by atoms with Crippen LogP contribution in [0.4, 0.5) is 5.69 Å². The van der Waals surface area contributed by atoms with Crippen molar-refractivity contribution in [3.63, 3.8) is 0 Å². The highest BCUT2D eigenvalue weighted by atomic mass is 32.2. The van der Waals surface area contributed by atoms with Crippen molar-refractivity contribution in [3.05, 3.63) is 35.9 Å². The van der Waals surface area contributed by atoms with Gasteiger partial charge in [-0.2, -0.15) is 0 Å². The van der Waals surface area contributed by atoms with Gasteiger partial charge in [0.1, 0.15) is 0 Å². The van der Waals surface area contributed by atoms with E-state index in [4.69, 9.17) is 5.11 Å². The highest BCUT2D eigenvalue weighted by Crippen LogP contribution is 2.17. The third-order valence-electron chi connectivity index (χ3n) is 2.08. The predicted molar refractivity (Wildman–Crippen MR) is 65.6 cm³/mol. The molecule has 4 nitrogen and oxygen atoms in total. The van der Waals surface area contributed by atoms with Gasteiger partial charge in [0, 0.05) is 5.69 Å². The van der Waals surface area contributed by atoms with E-state index in [1.807, 2.05) is 13.0 Å². The molecule has 0 unspecified atom stereocenters. The summed E-state index contributed by atoms with van der Waals surface area (Å²) in [6.07, 6.45) is 2.92. The van der Waals surface area contributed by atoms with E-state index in [1.54, 1.807) is 24.3 Å². The molecule has 0 heterocycles. The topological polar surface area (TPSA) is 66.4 Å². The summed E-state index contributed by atoms with van der Waals surface area (Å²) in [4.78, 5) is 0. The summed E-state index contributed by atoms with van der Waals surface area (Å²) < 4.78 is 24.3. The Hall–Kier alpha value is -1.33. The lowest BCUT2D eigenvalue weighted by Gasteiger charge is -2.06. The van der Waals surface area contributed by atoms with Crippen LogP contribution in [0.5, 0.6) is 0 Å². The minimum Gasteiger partial charge on any atom is -0.392 e. The van der Waals surface area contributed by atoms with Gasteiger partial charge in [0.15, 0.2) is 0 Å². The summed E-state index contributed by atoms with van der Waals surface area (Å²) in [7, 11) is -3.24. The van der Waals surface area contributed by atoms with Crippen LogP contribution in [0, 0.1) is 0 Å². The molecular formula is C11H15NO3S. The molecule has 0 saturated carbocycles. The van der Waals surface area contributed by atoms with E-state index in [2.05, 4.69) is 4.72 Å². The zero-order chi connectivity index (χ0) is 12.2. The van der Waals surface area contributed by atoms with E-state index in [1.165, 1.54) is 0 Å². The average molecular weight is 241 g/mol. The van der Waals surface area contributed by atoms with Crippen molar-refractivity contribution in [1.82, 2.24) is 0 Å². The Morgan fingerprint density at radius 1 is 1.38 bits per heavy atom. The number of aliphatic hydroxyl groups is 1. The number of nitrogens with one attached hydrogen (secondary N) is 1. The third kappa shape index (κ3) is 3.67. The number of benzene rings is 1. The third-order valence-corrected chi connectivity index (χ3v) is 2.68. The van der Waals surface area contributed by atoms with Gasteiger partial charge in [-0.3, -0.25) is 4.72 Å². The maximum absolute atomic E-state index is 11.0. The molecule has 5 heteroatoms. The van der Waals surface area contributed by atoms with Gasteiger partial charge >= 0.3 is 0 Å². The Morgan fingerprint density at radius 2 is 1.94 bits per heavy atom. The molecule has 0 radical (unpaired) electrons. The van der Waals surface area contributed by atoms with Gasteiger partial charge in [-0.1, -0.05) is 18.2 Å². The van der Waals surface area contributed by atoms with Crippen LogP contribution in [0.3, 0.4) is 0 Å². The lowest BCUT2D eigenvalue weighted by molar-refractivity contribution is 0.350. The van der Waals surface area contributed by atoms with Gasteiger partial charge in [-0.15, -0.1) is 0 Å². The van der Waals surface area contributed by atoms with E-state index < -0.39 is 10.0 Å². The first-order valence-corrected chi connectivity index (χ1v) is 6.69. The SMILES string of the molecule is C/C=C(/CO)c1ccc(NS(C)(=O)=O)cc1. The summed E-state index contributed by atoms with van der Waals surface area (Å²) >= 11 is 0. The molecule has 0 bridgehead atoms. The fraction of sp³-hybridized carbons (Fsp3) is 0.273. The fourth-order valence-electron chi connectivity index (χ4n) is 1.32. The zero-order valence-corrected chi connectivity index (χ0v) is 10.1. The first-order chi connectivity index (χ1) is 7.46. The van der Waals surface area contributed by atoms with Crippen LogP contribution in [0.15, 0.2) is 30.3 Å². The van der Waals surface area contributed by atoms with Gasteiger partial charge < -0.3 is 5.11 Å². The van der Waals surface area contributed by atoms with Crippen molar-refractivity contribution < 1.29 is 13.5 Å². The first-order valence-electron chi connectivity index (χ1n) is 4.80. The summed E-state index contributed by atoms with van der Waals surface area (Å²) in [5.74, 6) is 0. The van der Waals surface area contributed by atoms with Crippen LogP contribution in [0.2, 0.25) is 0 Å². The second-order valence-corrected chi connectivity index (χ2v) is 5.17. The average Bonchev–Trinajstić information content (AvgIpc) is 2.20. The van der Waals surface area contributed by atoms with Crippen LogP contribution >= 0.6 is 0 Å². The Labute approximate surface area is 95.7 Å². The Kier molecular flexibility index (Phi) is 4.09. The lowest BCUT2D eigenvalue weighted by Crippen LogP contribution is -2.09. The van der Waals surface area contributed by atoms with E-state index in [0.29, 0.717) is 5.69 Å². The standard InChI is InChI=1S/C11H15NO3S/c1-3-9(8-13)10-4-6-11(7-5-10)12-16(2,14)15/h3-7,12-13H,8H2,1-2H3/b9-3-. The normalized spacial score (nSPS) is 12.6. The number of rotatable bonds is 4. The second kappa shape index (κ2) is 5.14. The van der Waals surface area contributed by atoms with Crippen LogP contribution in [-0.4, -0.2) is 26.4 Å². The van der Waals surface area contributed by atoms with Crippen molar-refractivity contribution in [2.45, 2.75) is 6.92 Å². The van der Waals surface area contributed by atoms with E-state index in [0.717, 1.165) is 17.4 Å². The molecule has 0 aliphatic carbocycles. The van der Waals surface area contributed by atoms with E-state index in [-0.39, 0.29) is 6.61 Å². The van der Waals surface area contributed by atoms with E-state index in [9.17, 15) is 8.42 Å². The quantitative estimate of drug-likeness (QED) is 0.838. The van der Waals surface area contributed by atoms with Gasteiger partial charge in [-0.25, -0.2) is 8.42 Å². The van der Waals surface area contributed by atoms with Crippen molar-refractivity contribution >= 4 is 21.3 Å². The molecule has 16 heavy (non-hydrogen) atoms. The largest absolute Gasteiger partial charge is 0.392 e. The molecule has 1 aromatic carbocycles. The lowest BCUT2D eigenvalue weighted by atomic mass is 10.1. The van der Waals surface area contributed by atoms with Gasteiger partial charge in [0.2, 0.25) is 10.0 Å². The number of anilines is 1. The Balaban J connectivity index is 2.92. The molecule has 0 fully saturated rings. The molecule has 0 amide bonds. The van der Waals surface area contributed by atoms with Crippen LogP contribution in [-0.2, 0) is 10.0 Å². The monoisotopic (exact) mass is 241 g/mol. The zero-order valence-electron chi connectivity index (χ0n) is 9.27. The summed E-state index contributed by atoms with van der Waals surface area (Å²) in [5, 5.41) is 9.06. The maximum atomic E-state index is 11.0. The molecule has 0 spiro atoms. The van der Waals surface area contributed by atoms with Crippen LogP contribution < -0.4 is 4.72 Å². The molecule has 1 rings (SSSR count). The van der Waals surface area contributed by atoms with E-state index >= 15 is 0 Å². The number of sulfonamides is 1. The van der Waals surface area contributed by atoms with Crippen LogP contribution in [0.25, 0.3) is 5.57 Å². The number of hydrogen-bond donors (Lipinski definition) is 2. The minimum atomic E-state index is -3.24. The molecule has 1 aromatic rings. The molecule has 0 aliphatic heterocycles. The minimum absolute atomic E-state index is 0.0324. The highest BCUT2D eigenvalue weighted by molar-refractivity contribution is 7.92. The molecule has 0 aliphatic rings. The van der Waals surface area contributed by atoms with Gasteiger partial charge in [-0.05, 0) is 30.2 Å². The predicted octanol–water partition coefficient (Wildman–Crippen LogP) is 1.45. The first kappa shape index (κ1) is 12.7. The molecule has 2 N–H and O–H groups in total. The number of allylic oxidation sites excluding steroid dienone is 1. The number of hydrogen-bond acceptors (Lipinski definition) is 3. The van der Waals surface area contributed by atoms with Gasteiger partial charge in [0.25, 0.3) is 0 Å². The fourth-order valence-corrected chi connectivity index (χ4v) is 1.88. The van der Waals surface area contributed by atoms with Gasteiger partial charge in [0.05, 0.1) is 12.9 Å². The molecule has 0 aromatic heterocycles. The van der Waals surface area contributed by atoms with Crippen molar-refractivity contribution in [2.24, 2.45) is 0 Å². The van der Waals surface area contributed by atoms with Crippen LogP contribution in [0.1, 0.15) is 12.5 Å². The van der Waals surface area contributed by atoms with Crippen molar-refractivity contribution in [2.75, 3.05) is 17.6 Å². The molecule has 0 saturated heterocycles. The Bertz CT molecular complexity index is 474. The second-order valence-electron chi connectivity index (χ2n) is 3.42. The summed E-state index contributed by atoms with van der Waals surface area (Å²) in [5.41, 5.74) is 2.20.